The highest BCUT2D eigenvalue weighted by Crippen LogP contribution is 2.21. The van der Waals surface area contributed by atoms with Gasteiger partial charge >= 0.3 is 0 Å². The molecule has 0 amide bonds. The van der Waals surface area contributed by atoms with Gasteiger partial charge in [-0.05, 0) is 36.8 Å². The Kier molecular flexibility index (Phi) is 7.33. The number of aromatic nitrogens is 1. The Morgan fingerprint density at radius 1 is 1.18 bits per heavy atom. The Bertz CT molecular complexity index is 775. The van der Waals surface area contributed by atoms with Crippen LogP contribution in [0.15, 0.2) is 47.5 Å². The summed E-state index contributed by atoms with van der Waals surface area (Å²) in [7, 11) is 1.75. The highest BCUT2D eigenvalue weighted by molar-refractivity contribution is 5.79. The van der Waals surface area contributed by atoms with Crippen molar-refractivity contribution in [2.45, 2.75) is 19.5 Å². The van der Waals surface area contributed by atoms with Gasteiger partial charge in [0.1, 0.15) is 5.82 Å². The molecule has 0 radical (unpaired) electrons. The van der Waals surface area contributed by atoms with E-state index in [9.17, 15) is 4.39 Å². The van der Waals surface area contributed by atoms with E-state index in [2.05, 4.69) is 25.5 Å². The lowest BCUT2D eigenvalue weighted by Gasteiger charge is -2.35. The van der Waals surface area contributed by atoms with E-state index in [1.54, 1.807) is 7.05 Å². The Labute approximate surface area is 165 Å². The molecule has 1 fully saturated rings. The molecule has 1 unspecified atom stereocenters. The molecule has 0 saturated carbocycles. The van der Waals surface area contributed by atoms with Crippen LogP contribution in [0.1, 0.15) is 23.0 Å². The standard InChI is InChI=1S/C21H28FN5O/c1-16-4-3-5-19(26-16)14-24-21(23-2)25-15-20(27-10-12-28-13-11-27)17-6-8-18(22)9-7-17/h3-9,20H,10-15H2,1-2H3,(H2,23,24,25). The van der Waals surface area contributed by atoms with Crippen LogP contribution >= 0.6 is 0 Å². The number of pyridine rings is 1. The molecule has 1 aromatic heterocycles. The molecule has 150 valence electrons. The molecular weight excluding hydrogens is 357 g/mol. The van der Waals surface area contributed by atoms with Crippen molar-refractivity contribution in [2.24, 2.45) is 4.99 Å². The fourth-order valence-corrected chi connectivity index (χ4v) is 3.32. The monoisotopic (exact) mass is 385 g/mol. The van der Waals surface area contributed by atoms with E-state index in [1.165, 1.54) is 12.1 Å². The maximum absolute atomic E-state index is 13.4. The highest BCUT2D eigenvalue weighted by atomic mass is 19.1. The topological polar surface area (TPSA) is 61.8 Å². The van der Waals surface area contributed by atoms with Crippen LogP contribution in [0.25, 0.3) is 0 Å². The number of ether oxygens (including phenoxy) is 1. The van der Waals surface area contributed by atoms with Crippen LogP contribution in [0.4, 0.5) is 4.39 Å². The van der Waals surface area contributed by atoms with Crippen LogP contribution in [0.3, 0.4) is 0 Å². The molecule has 3 rings (SSSR count). The molecule has 0 aliphatic carbocycles. The van der Waals surface area contributed by atoms with Crippen LogP contribution in [0.5, 0.6) is 0 Å². The summed E-state index contributed by atoms with van der Waals surface area (Å²) in [6.07, 6.45) is 0. The number of nitrogens with zero attached hydrogens (tertiary/aromatic N) is 3. The number of aliphatic imine (C=N–C) groups is 1. The van der Waals surface area contributed by atoms with Gasteiger partial charge in [-0.15, -0.1) is 0 Å². The summed E-state index contributed by atoms with van der Waals surface area (Å²) in [4.78, 5) is 11.2. The summed E-state index contributed by atoms with van der Waals surface area (Å²) in [5.41, 5.74) is 3.03. The molecule has 2 N–H and O–H groups in total. The Hall–Kier alpha value is -2.51. The Balaban J connectivity index is 1.63. The number of morpholine rings is 1. The summed E-state index contributed by atoms with van der Waals surface area (Å²) in [6.45, 7) is 6.36. The third-order valence-corrected chi connectivity index (χ3v) is 4.81. The molecule has 7 heteroatoms. The predicted octanol–water partition coefficient (Wildman–Crippen LogP) is 2.27. The number of hydrogen-bond acceptors (Lipinski definition) is 4. The van der Waals surface area contributed by atoms with Crippen molar-refractivity contribution in [3.05, 3.63) is 65.2 Å². The molecule has 0 bridgehead atoms. The molecule has 0 spiro atoms. The number of nitrogens with one attached hydrogen (secondary N) is 2. The van der Waals surface area contributed by atoms with Crippen molar-refractivity contribution in [2.75, 3.05) is 39.9 Å². The molecule has 2 heterocycles. The van der Waals surface area contributed by atoms with Crippen LogP contribution in [-0.2, 0) is 11.3 Å². The van der Waals surface area contributed by atoms with E-state index in [4.69, 9.17) is 4.74 Å². The fourth-order valence-electron chi connectivity index (χ4n) is 3.32. The van der Waals surface area contributed by atoms with Crippen LogP contribution in [-0.4, -0.2) is 55.7 Å². The number of aryl methyl sites for hydroxylation is 1. The second kappa shape index (κ2) is 10.1. The summed E-state index contributed by atoms with van der Waals surface area (Å²) in [5, 5.41) is 6.70. The average molecular weight is 385 g/mol. The molecule has 6 nitrogen and oxygen atoms in total. The van der Waals surface area contributed by atoms with E-state index in [-0.39, 0.29) is 11.9 Å². The normalized spacial score (nSPS) is 16.6. The first kappa shape index (κ1) is 20.2. The zero-order valence-corrected chi connectivity index (χ0v) is 16.5. The maximum atomic E-state index is 13.4. The summed E-state index contributed by atoms with van der Waals surface area (Å²) < 4.78 is 18.9. The third kappa shape index (κ3) is 5.74. The first-order chi connectivity index (χ1) is 13.7. The second-order valence-corrected chi connectivity index (χ2v) is 6.79. The molecule has 1 aromatic carbocycles. The minimum atomic E-state index is -0.222. The number of rotatable bonds is 6. The van der Waals surface area contributed by atoms with E-state index >= 15 is 0 Å². The smallest absolute Gasteiger partial charge is 0.191 e. The van der Waals surface area contributed by atoms with Crippen LogP contribution in [0, 0.1) is 12.7 Å². The van der Waals surface area contributed by atoms with Gasteiger partial charge in [0, 0.05) is 32.4 Å². The van der Waals surface area contributed by atoms with Gasteiger partial charge in [-0.3, -0.25) is 14.9 Å². The van der Waals surface area contributed by atoms with Gasteiger partial charge in [0.2, 0.25) is 0 Å². The molecule has 1 saturated heterocycles. The van der Waals surface area contributed by atoms with Gasteiger partial charge in [0.25, 0.3) is 0 Å². The predicted molar refractivity (Wildman–Crippen MR) is 109 cm³/mol. The largest absolute Gasteiger partial charge is 0.379 e. The lowest BCUT2D eigenvalue weighted by molar-refractivity contribution is 0.0170. The Morgan fingerprint density at radius 3 is 2.61 bits per heavy atom. The second-order valence-electron chi connectivity index (χ2n) is 6.79. The molecule has 2 aromatic rings. The average Bonchev–Trinajstić information content (AvgIpc) is 2.72. The van der Waals surface area contributed by atoms with Gasteiger partial charge in [0.05, 0.1) is 31.5 Å². The minimum Gasteiger partial charge on any atom is -0.379 e. The number of hydrogen-bond donors (Lipinski definition) is 2. The van der Waals surface area contributed by atoms with E-state index in [1.807, 2.05) is 37.3 Å². The molecular formula is C21H28FN5O. The van der Waals surface area contributed by atoms with Crippen molar-refractivity contribution in [3.8, 4) is 0 Å². The fraction of sp³-hybridized carbons (Fsp3) is 0.429. The van der Waals surface area contributed by atoms with Gasteiger partial charge in [-0.2, -0.15) is 0 Å². The number of halogens is 1. The van der Waals surface area contributed by atoms with Gasteiger partial charge in [-0.25, -0.2) is 4.39 Å². The van der Waals surface area contributed by atoms with Crippen molar-refractivity contribution in [3.63, 3.8) is 0 Å². The van der Waals surface area contributed by atoms with Crippen LogP contribution < -0.4 is 10.6 Å². The van der Waals surface area contributed by atoms with Crippen molar-refractivity contribution in [1.82, 2.24) is 20.5 Å². The molecule has 1 aliphatic heterocycles. The summed E-state index contributed by atoms with van der Waals surface area (Å²) >= 11 is 0. The lowest BCUT2D eigenvalue weighted by atomic mass is 10.0. The third-order valence-electron chi connectivity index (χ3n) is 4.81. The first-order valence-corrected chi connectivity index (χ1v) is 9.60. The highest BCUT2D eigenvalue weighted by Gasteiger charge is 2.23. The van der Waals surface area contributed by atoms with Crippen LogP contribution in [0.2, 0.25) is 0 Å². The van der Waals surface area contributed by atoms with Gasteiger partial charge in [-0.1, -0.05) is 18.2 Å². The lowest BCUT2D eigenvalue weighted by Crippen LogP contribution is -2.46. The van der Waals surface area contributed by atoms with E-state index in [0.717, 1.165) is 30.0 Å². The maximum Gasteiger partial charge on any atom is 0.191 e. The number of benzene rings is 1. The Morgan fingerprint density at radius 2 is 1.93 bits per heavy atom. The van der Waals surface area contributed by atoms with E-state index < -0.39 is 0 Å². The molecule has 1 atom stereocenters. The summed E-state index contributed by atoms with van der Waals surface area (Å²) in [6, 6.07) is 12.8. The van der Waals surface area contributed by atoms with Gasteiger partial charge < -0.3 is 15.4 Å². The SMILES string of the molecule is CN=C(NCc1cccc(C)n1)NCC(c1ccc(F)cc1)N1CCOCC1. The quantitative estimate of drug-likeness (QED) is 0.590. The molecule has 28 heavy (non-hydrogen) atoms. The number of guanidine groups is 1. The zero-order chi connectivity index (χ0) is 19.8. The molecule has 1 aliphatic rings. The van der Waals surface area contributed by atoms with Crippen molar-refractivity contribution >= 4 is 5.96 Å². The van der Waals surface area contributed by atoms with Gasteiger partial charge in [0.15, 0.2) is 5.96 Å². The zero-order valence-electron chi connectivity index (χ0n) is 16.5. The van der Waals surface area contributed by atoms with E-state index in [0.29, 0.717) is 32.3 Å². The van der Waals surface area contributed by atoms with Crippen molar-refractivity contribution < 1.29 is 9.13 Å². The van der Waals surface area contributed by atoms with Crippen molar-refractivity contribution in [1.29, 1.82) is 0 Å². The summed E-state index contributed by atoms with van der Waals surface area (Å²) in [5.74, 6) is 0.490. The minimum absolute atomic E-state index is 0.111. The first-order valence-electron chi connectivity index (χ1n) is 9.60.